The summed E-state index contributed by atoms with van der Waals surface area (Å²) in [5.74, 6) is -0.170. The molecule has 0 atom stereocenters. The van der Waals surface area contributed by atoms with E-state index in [1.807, 2.05) is 30.3 Å². The Hall–Kier alpha value is -1.27. The predicted octanol–water partition coefficient (Wildman–Crippen LogP) is 5.65. The minimum atomic E-state index is -0.170. The average molecular weight is 428 g/mol. The van der Waals surface area contributed by atoms with Crippen LogP contribution in [0.15, 0.2) is 56.8 Å². The smallest absolute Gasteiger partial charge is 0.264 e. The van der Waals surface area contributed by atoms with Crippen molar-refractivity contribution >= 4 is 73.7 Å². The van der Waals surface area contributed by atoms with Crippen LogP contribution in [0.4, 0.5) is 5.69 Å². The average Bonchev–Trinajstić information content (AvgIpc) is 2.85. The van der Waals surface area contributed by atoms with Gasteiger partial charge in [0.15, 0.2) is 5.17 Å². The molecule has 116 valence electrons. The van der Waals surface area contributed by atoms with Gasteiger partial charge < -0.3 is 5.32 Å². The molecule has 0 bridgehead atoms. The summed E-state index contributed by atoms with van der Waals surface area (Å²) in [6.45, 7) is 0. The largest absolute Gasteiger partial charge is 0.300 e. The van der Waals surface area contributed by atoms with Crippen molar-refractivity contribution in [3.63, 3.8) is 0 Å². The first-order valence-electron chi connectivity index (χ1n) is 6.51. The highest BCUT2D eigenvalue weighted by Crippen LogP contribution is 2.31. The van der Waals surface area contributed by atoms with Crippen molar-refractivity contribution in [1.29, 1.82) is 0 Å². The Morgan fingerprint density at radius 1 is 1.09 bits per heavy atom. The summed E-state index contributed by atoms with van der Waals surface area (Å²) < 4.78 is 0.991. The summed E-state index contributed by atoms with van der Waals surface area (Å²) in [4.78, 5) is 17.0. The number of rotatable bonds is 2. The van der Waals surface area contributed by atoms with Gasteiger partial charge in [0, 0.05) is 4.47 Å². The van der Waals surface area contributed by atoms with Crippen LogP contribution in [0.1, 0.15) is 5.56 Å². The van der Waals surface area contributed by atoms with E-state index in [4.69, 9.17) is 23.2 Å². The van der Waals surface area contributed by atoms with E-state index in [0.29, 0.717) is 25.8 Å². The topological polar surface area (TPSA) is 41.5 Å². The molecule has 1 fully saturated rings. The fraction of sp³-hybridized carbons (Fsp3) is 0. The lowest BCUT2D eigenvalue weighted by atomic mass is 10.2. The molecule has 23 heavy (non-hydrogen) atoms. The van der Waals surface area contributed by atoms with Crippen LogP contribution >= 0.6 is 50.9 Å². The lowest BCUT2D eigenvalue weighted by Gasteiger charge is -1.99. The van der Waals surface area contributed by atoms with Gasteiger partial charge in [-0.05, 0) is 53.7 Å². The normalized spacial score (nSPS) is 17.8. The Labute approximate surface area is 155 Å². The second kappa shape index (κ2) is 7.09. The molecule has 0 aliphatic carbocycles. The number of amides is 1. The van der Waals surface area contributed by atoms with Crippen LogP contribution < -0.4 is 5.32 Å². The highest BCUT2D eigenvalue weighted by atomic mass is 79.9. The Morgan fingerprint density at radius 3 is 2.52 bits per heavy atom. The Kier molecular flexibility index (Phi) is 5.11. The molecule has 1 heterocycles. The van der Waals surface area contributed by atoms with Crippen molar-refractivity contribution in [3.05, 3.63) is 67.5 Å². The van der Waals surface area contributed by atoms with Crippen LogP contribution in [0.3, 0.4) is 0 Å². The number of hydrogen-bond donors (Lipinski definition) is 1. The second-order valence-corrected chi connectivity index (χ2v) is 7.39. The molecule has 2 aromatic carbocycles. The summed E-state index contributed by atoms with van der Waals surface area (Å²) in [7, 11) is 0. The number of halogens is 3. The molecule has 3 nitrogen and oxygen atoms in total. The first-order chi connectivity index (χ1) is 11.0. The number of amidine groups is 1. The number of carbonyl (C=O) groups is 1. The van der Waals surface area contributed by atoms with Gasteiger partial charge in [-0.25, -0.2) is 4.99 Å². The molecule has 3 rings (SSSR count). The molecule has 1 amide bonds. The van der Waals surface area contributed by atoms with Crippen molar-refractivity contribution < 1.29 is 4.79 Å². The molecule has 0 spiro atoms. The van der Waals surface area contributed by atoms with E-state index in [2.05, 4.69) is 26.2 Å². The summed E-state index contributed by atoms with van der Waals surface area (Å²) in [5.41, 5.74) is 1.58. The van der Waals surface area contributed by atoms with Crippen molar-refractivity contribution in [2.24, 2.45) is 4.99 Å². The van der Waals surface area contributed by atoms with Crippen LogP contribution in [0.25, 0.3) is 6.08 Å². The maximum absolute atomic E-state index is 12.0. The minimum absolute atomic E-state index is 0.170. The summed E-state index contributed by atoms with van der Waals surface area (Å²) in [6, 6.07) is 12.8. The molecule has 1 saturated heterocycles. The third-order valence-corrected chi connectivity index (χ3v) is 5.13. The number of thioether (sulfide) groups is 1. The quantitative estimate of drug-likeness (QED) is 0.629. The van der Waals surface area contributed by atoms with E-state index in [1.54, 1.807) is 18.2 Å². The Bertz CT molecular complexity index is 834. The highest BCUT2D eigenvalue weighted by molar-refractivity contribution is 9.10. The van der Waals surface area contributed by atoms with Gasteiger partial charge in [0.05, 0.1) is 20.6 Å². The lowest BCUT2D eigenvalue weighted by Crippen LogP contribution is -2.19. The number of nitrogens with one attached hydrogen (secondary N) is 1. The molecule has 0 aromatic heterocycles. The van der Waals surface area contributed by atoms with Gasteiger partial charge in [-0.1, -0.05) is 51.3 Å². The van der Waals surface area contributed by atoms with E-state index in [1.165, 1.54) is 11.8 Å². The third-order valence-electron chi connectivity index (χ3n) is 2.95. The molecule has 1 N–H and O–H groups in total. The lowest BCUT2D eigenvalue weighted by molar-refractivity contribution is -0.115. The number of benzene rings is 2. The fourth-order valence-electron chi connectivity index (χ4n) is 1.86. The maximum Gasteiger partial charge on any atom is 0.264 e. The van der Waals surface area contributed by atoms with Crippen LogP contribution in [-0.4, -0.2) is 11.1 Å². The molecular weight excluding hydrogens is 419 g/mol. The number of aliphatic imine (C=N–C) groups is 1. The number of carbonyl (C=O) groups excluding carboxylic acids is 1. The van der Waals surface area contributed by atoms with E-state index < -0.39 is 0 Å². The molecule has 7 heteroatoms. The van der Waals surface area contributed by atoms with Crippen molar-refractivity contribution in [2.75, 3.05) is 0 Å². The number of nitrogens with zero attached hydrogens (tertiary/aromatic N) is 1. The zero-order valence-corrected chi connectivity index (χ0v) is 15.4. The summed E-state index contributed by atoms with van der Waals surface area (Å²) in [6.07, 6.45) is 1.82. The molecule has 1 aliphatic rings. The van der Waals surface area contributed by atoms with E-state index in [9.17, 15) is 4.79 Å². The molecule has 2 aromatic rings. The van der Waals surface area contributed by atoms with Gasteiger partial charge in [0.2, 0.25) is 0 Å². The van der Waals surface area contributed by atoms with Gasteiger partial charge in [0.1, 0.15) is 0 Å². The van der Waals surface area contributed by atoms with Crippen molar-refractivity contribution in [2.45, 2.75) is 0 Å². The Morgan fingerprint density at radius 2 is 1.83 bits per heavy atom. The standard InChI is InChI=1S/C16H9BrCl2N2OS/c17-10-3-1-9(2-4-10)7-14-15(22)21-16(23-14)20-11-5-6-12(18)13(19)8-11/h1-8H,(H,20,21,22)/b14-7-. The predicted molar refractivity (Wildman–Crippen MR) is 101 cm³/mol. The van der Waals surface area contributed by atoms with E-state index in [0.717, 1.165) is 10.0 Å². The summed E-state index contributed by atoms with van der Waals surface area (Å²) in [5, 5.41) is 4.14. The van der Waals surface area contributed by atoms with Crippen LogP contribution in [0, 0.1) is 0 Å². The molecule has 0 radical (unpaired) electrons. The van der Waals surface area contributed by atoms with E-state index >= 15 is 0 Å². The zero-order valence-electron chi connectivity index (χ0n) is 11.5. The fourth-order valence-corrected chi connectivity index (χ4v) is 3.26. The zero-order chi connectivity index (χ0) is 16.4. The summed E-state index contributed by atoms with van der Waals surface area (Å²) >= 11 is 16.5. The van der Waals surface area contributed by atoms with Gasteiger partial charge in [-0.3, -0.25) is 4.79 Å². The molecule has 0 saturated carbocycles. The minimum Gasteiger partial charge on any atom is -0.300 e. The first-order valence-corrected chi connectivity index (χ1v) is 8.88. The molecule has 0 unspecified atom stereocenters. The van der Waals surface area contributed by atoms with E-state index in [-0.39, 0.29) is 5.91 Å². The molecule has 1 aliphatic heterocycles. The third kappa shape index (κ3) is 4.18. The highest BCUT2D eigenvalue weighted by Gasteiger charge is 2.23. The van der Waals surface area contributed by atoms with Gasteiger partial charge in [0.25, 0.3) is 5.91 Å². The molecular formula is C16H9BrCl2N2OS. The SMILES string of the molecule is O=C1NC(=Nc2ccc(Cl)c(Cl)c2)S/C1=C\c1ccc(Br)cc1. The number of hydrogen-bond acceptors (Lipinski definition) is 3. The van der Waals surface area contributed by atoms with Crippen molar-refractivity contribution in [3.8, 4) is 0 Å². The van der Waals surface area contributed by atoms with Crippen LogP contribution in [-0.2, 0) is 4.79 Å². The Balaban J connectivity index is 1.82. The van der Waals surface area contributed by atoms with Gasteiger partial charge in [-0.15, -0.1) is 0 Å². The second-order valence-electron chi connectivity index (χ2n) is 4.63. The van der Waals surface area contributed by atoms with Crippen LogP contribution in [0.2, 0.25) is 10.0 Å². The van der Waals surface area contributed by atoms with Gasteiger partial charge in [-0.2, -0.15) is 0 Å². The van der Waals surface area contributed by atoms with Gasteiger partial charge >= 0.3 is 0 Å². The monoisotopic (exact) mass is 426 g/mol. The first kappa shape index (κ1) is 16.6. The van der Waals surface area contributed by atoms with Crippen molar-refractivity contribution in [1.82, 2.24) is 5.32 Å². The maximum atomic E-state index is 12.0. The van der Waals surface area contributed by atoms with Crippen LogP contribution in [0.5, 0.6) is 0 Å².